The molecule has 4 rings (SSSR count). The van der Waals surface area contributed by atoms with E-state index in [9.17, 15) is 39.5 Å². The van der Waals surface area contributed by atoms with E-state index in [1.165, 1.54) is 31.4 Å². The van der Waals surface area contributed by atoms with Gasteiger partial charge in [-0.25, -0.2) is 4.98 Å². The van der Waals surface area contributed by atoms with Crippen molar-refractivity contribution in [2.45, 2.75) is 18.5 Å². The molecule has 13 heteroatoms. The quantitative estimate of drug-likeness (QED) is 0.274. The molecule has 0 bridgehead atoms. The lowest BCUT2D eigenvalue weighted by atomic mass is 10.0. The Morgan fingerprint density at radius 2 is 1.37 bits per heavy atom. The average molecular weight is 508 g/mol. The van der Waals surface area contributed by atoms with Crippen molar-refractivity contribution in [1.82, 2.24) is 9.55 Å². The Kier molecular flexibility index (Phi) is 5.56. The number of fused-ring (bicyclic) bond motifs is 3. The van der Waals surface area contributed by atoms with Crippen LogP contribution in [0.3, 0.4) is 0 Å². The highest BCUT2D eigenvalue weighted by Crippen LogP contribution is 2.51. The van der Waals surface area contributed by atoms with Crippen LogP contribution in [0.2, 0.25) is 0 Å². The van der Waals surface area contributed by atoms with E-state index in [0.717, 1.165) is 25.3 Å². The molecule has 0 N–H and O–H groups in total. The molecule has 0 atom stereocenters. The number of para-hydroxylation sites is 1. The number of hydrogen-bond acceptors (Lipinski definition) is 3. The highest BCUT2D eigenvalue weighted by molar-refractivity contribution is 6.10. The maximum Gasteiger partial charge on any atom is 0.434 e. The fraction of sp³-hybridized carbons (Fsp3) is 0.227. The molecule has 0 aliphatic rings. The van der Waals surface area contributed by atoms with Gasteiger partial charge < -0.3 is 14.0 Å². The van der Waals surface area contributed by atoms with Gasteiger partial charge in [-0.1, -0.05) is 12.1 Å². The summed E-state index contributed by atoms with van der Waals surface area (Å²) >= 11 is 0. The van der Waals surface area contributed by atoms with Crippen LogP contribution in [0.5, 0.6) is 11.5 Å². The summed E-state index contributed by atoms with van der Waals surface area (Å²) in [5.41, 5.74) is -8.90. The predicted octanol–water partition coefficient (Wildman–Crippen LogP) is 7.25. The maximum atomic E-state index is 14.2. The number of aromatic nitrogens is 2. The number of rotatable bonds is 3. The lowest BCUT2D eigenvalue weighted by molar-refractivity contribution is -0.164. The van der Waals surface area contributed by atoms with Gasteiger partial charge in [0, 0.05) is 16.5 Å². The standard InChI is InChI=1S/C22H13F9N2O2/c1-34-11-8-6-10(7-9-11)33-17-12-4-3-5-13(35-2)16(12)32-18(21(26,27)28)14(17)15(20(23,24)25)19(33)22(29,30)31/h3-9H,1-2H3. The number of benzene rings is 2. The van der Waals surface area contributed by atoms with Gasteiger partial charge in [0.15, 0.2) is 5.69 Å². The summed E-state index contributed by atoms with van der Waals surface area (Å²) in [5, 5.41) is -2.11. The van der Waals surface area contributed by atoms with E-state index in [0.29, 0.717) is 0 Å². The van der Waals surface area contributed by atoms with Crippen molar-refractivity contribution in [3.63, 3.8) is 0 Å². The van der Waals surface area contributed by atoms with Crippen LogP contribution in [-0.4, -0.2) is 23.8 Å². The van der Waals surface area contributed by atoms with Gasteiger partial charge in [0.1, 0.15) is 22.7 Å². The summed E-state index contributed by atoms with van der Waals surface area (Å²) in [6, 6.07) is 7.85. The van der Waals surface area contributed by atoms with E-state index in [4.69, 9.17) is 9.47 Å². The van der Waals surface area contributed by atoms with E-state index >= 15 is 0 Å². The topological polar surface area (TPSA) is 36.3 Å². The van der Waals surface area contributed by atoms with Crippen molar-refractivity contribution >= 4 is 21.8 Å². The van der Waals surface area contributed by atoms with Crippen LogP contribution < -0.4 is 9.47 Å². The molecule has 0 spiro atoms. The lowest BCUT2D eigenvalue weighted by Crippen LogP contribution is -2.19. The Morgan fingerprint density at radius 1 is 0.743 bits per heavy atom. The summed E-state index contributed by atoms with van der Waals surface area (Å²) < 4.78 is 137. The smallest absolute Gasteiger partial charge is 0.434 e. The van der Waals surface area contributed by atoms with Crippen LogP contribution in [0.25, 0.3) is 27.5 Å². The number of methoxy groups -OCH3 is 2. The number of ether oxygens (including phenoxy) is 2. The Labute approximate surface area is 190 Å². The second-order valence-electron chi connectivity index (χ2n) is 7.29. The molecule has 0 unspecified atom stereocenters. The first-order chi connectivity index (χ1) is 16.2. The molecular weight excluding hydrogens is 495 g/mol. The first-order valence-electron chi connectivity index (χ1n) is 9.61. The number of alkyl halides is 9. The zero-order valence-corrected chi connectivity index (χ0v) is 17.7. The van der Waals surface area contributed by atoms with Crippen molar-refractivity contribution in [2.24, 2.45) is 0 Å². The van der Waals surface area contributed by atoms with E-state index in [2.05, 4.69) is 4.98 Å². The van der Waals surface area contributed by atoms with Gasteiger partial charge in [0.05, 0.1) is 25.3 Å². The second kappa shape index (κ2) is 7.95. The molecule has 186 valence electrons. The highest BCUT2D eigenvalue weighted by Gasteiger charge is 2.52. The van der Waals surface area contributed by atoms with Crippen LogP contribution in [0.4, 0.5) is 39.5 Å². The Morgan fingerprint density at radius 3 is 1.86 bits per heavy atom. The van der Waals surface area contributed by atoms with Crippen LogP contribution >= 0.6 is 0 Å². The van der Waals surface area contributed by atoms with Crippen molar-refractivity contribution in [2.75, 3.05) is 14.2 Å². The molecule has 4 nitrogen and oxygen atoms in total. The van der Waals surface area contributed by atoms with Crippen molar-refractivity contribution < 1.29 is 49.0 Å². The van der Waals surface area contributed by atoms with Crippen molar-refractivity contribution in [1.29, 1.82) is 0 Å². The minimum absolute atomic E-state index is 0.121. The monoisotopic (exact) mass is 508 g/mol. The normalized spacial score (nSPS) is 13.0. The third kappa shape index (κ3) is 3.98. The molecule has 0 saturated heterocycles. The molecule has 0 amide bonds. The Balaban J connectivity index is 2.40. The zero-order chi connectivity index (χ0) is 25.9. The van der Waals surface area contributed by atoms with Crippen LogP contribution in [0, 0.1) is 0 Å². The largest absolute Gasteiger partial charge is 0.497 e. The van der Waals surface area contributed by atoms with Crippen molar-refractivity contribution in [3.05, 3.63) is 59.4 Å². The van der Waals surface area contributed by atoms with Gasteiger partial charge >= 0.3 is 18.5 Å². The molecule has 2 aromatic carbocycles. The molecule has 0 fully saturated rings. The molecule has 4 aromatic rings. The number of halogens is 9. The third-order valence-corrected chi connectivity index (χ3v) is 5.26. The molecule has 2 aromatic heterocycles. The van der Waals surface area contributed by atoms with Gasteiger partial charge in [-0.15, -0.1) is 0 Å². The Bertz CT molecular complexity index is 1420. The second-order valence-corrected chi connectivity index (χ2v) is 7.29. The third-order valence-electron chi connectivity index (χ3n) is 5.26. The molecule has 35 heavy (non-hydrogen) atoms. The first-order valence-corrected chi connectivity index (χ1v) is 9.61. The minimum atomic E-state index is -5.81. The van der Waals surface area contributed by atoms with Gasteiger partial charge in [-0.2, -0.15) is 39.5 Å². The van der Waals surface area contributed by atoms with Gasteiger partial charge in [-0.05, 0) is 30.3 Å². The molecule has 0 aliphatic carbocycles. The highest BCUT2D eigenvalue weighted by atomic mass is 19.4. The maximum absolute atomic E-state index is 14.2. The van der Waals surface area contributed by atoms with Crippen molar-refractivity contribution in [3.8, 4) is 17.2 Å². The molecular formula is C22H13F9N2O2. The van der Waals surface area contributed by atoms with Crippen LogP contribution in [0.15, 0.2) is 42.5 Å². The summed E-state index contributed by atoms with van der Waals surface area (Å²) in [4.78, 5) is 3.33. The average Bonchev–Trinajstić information content (AvgIpc) is 3.15. The Hall–Kier alpha value is -3.64. The fourth-order valence-electron chi connectivity index (χ4n) is 3.96. The molecule has 0 radical (unpaired) electrons. The summed E-state index contributed by atoms with van der Waals surface area (Å²) in [7, 11) is 2.34. The first kappa shape index (κ1) is 24.5. The van der Waals surface area contributed by atoms with Crippen LogP contribution in [-0.2, 0) is 18.5 Å². The SMILES string of the molecule is COc1ccc(-n2c(C(F)(F)F)c(C(F)(F)F)c3c(C(F)(F)F)nc4c(OC)cccc4c32)cc1. The van der Waals surface area contributed by atoms with E-state index in [1.807, 2.05) is 0 Å². The molecule has 0 aliphatic heterocycles. The fourth-order valence-corrected chi connectivity index (χ4v) is 3.96. The van der Waals surface area contributed by atoms with Gasteiger partial charge in [-0.3, -0.25) is 0 Å². The summed E-state index contributed by atoms with van der Waals surface area (Å²) in [6.45, 7) is 0. The van der Waals surface area contributed by atoms with Gasteiger partial charge in [0.25, 0.3) is 0 Å². The number of nitrogens with zero attached hydrogens (tertiary/aromatic N) is 2. The lowest BCUT2D eigenvalue weighted by Gasteiger charge is -2.17. The number of hydrogen-bond donors (Lipinski definition) is 0. The molecule has 0 saturated carbocycles. The minimum Gasteiger partial charge on any atom is -0.497 e. The van der Waals surface area contributed by atoms with E-state index in [1.54, 1.807) is 0 Å². The summed E-state index contributed by atoms with van der Waals surface area (Å²) in [5.74, 6) is -0.0986. The number of pyridine rings is 1. The van der Waals surface area contributed by atoms with Gasteiger partial charge in [0.2, 0.25) is 0 Å². The van der Waals surface area contributed by atoms with E-state index < -0.39 is 63.0 Å². The van der Waals surface area contributed by atoms with Crippen LogP contribution in [0.1, 0.15) is 17.0 Å². The zero-order valence-electron chi connectivity index (χ0n) is 17.7. The predicted molar refractivity (Wildman–Crippen MR) is 107 cm³/mol. The summed E-state index contributed by atoms with van der Waals surface area (Å²) in [6.07, 6.45) is -17.0. The van der Waals surface area contributed by atoms with E-state index in [-0.39, 0.29) is 16.1 Å². The molecule has 2 heterocycles.